The molecule has 0 amide bonds. The molecule has 2 unspecified atom stereocenters. The molecule has 2 rings (SSSR count). The molecule has 0 radical (unpaired) electrons. The van der Waals surface area contributed by atoms with Gasteiger partial charge >= 0.3 is 0 Å². The van der Waals surface area contributed by atoms with E-state index in [4.69, 9.17) is 5.73 Å². The number of nitrogens with one attached hydrogen (secondary N) is 1. The molecule has 0 spiro atoms. The smallest absolute Gasteiger partial charge is 0.228 e. The van der Waals surface area contributed by atoms with Crippen molar-refractivity contribution in [3.63, 3.8) is 0 Å². The van der Waals surface area contributed by atoms with Crippen LogP contribution in [-0.2, 0) is 0 Å². The highest BCUT2D eigenvalue weighted by molar-refractivity contribution is 5.32. The van der Waals surface area contributed by atoms with Crippen molar-refractivity contribution < 1.29 is 4.39 Å². The van der Waals surface area contributed by atoms with Crippen LogP contribution in [0.15, 0.2) is 0 Å². The van der Waals surface area contributed by atoms with E-state index in [0.29, 0.717) is 11.9 Å². The lowest BCUT2D eigenvalue weighted by Gasteiger charge is -2.28. The summed E-state index contributed by atoms with van der Waals surface area (Å²) < 4.78 is 13.2. The first kappa shape index (κ1) is 14.0. The molecule has 1 aromatic rings. The molecule has 0 aliphatic heterocycles. The fraction of sp³-hybridized carbons (Fsp3) is 0.769. The summed E-state index contributed by atoms with van der Waals surface area (Å²) in [6.45, 7) is 3.51. The lowest BCUT2D eigenvalue weighted by atomic mass is 9.85. The zero-order valence-corrected chi connectivity index (χ0v) is 11.6. The van der Waals surface area contributed by atoms with Gasteiger partial charge in [-0.15, -0.1) is 0 Å². The zero-order valence-electron chi connectivity index (χ0n) is 11.6. The second-order valence-electron chi connectivity index (χ2n) is 5.32. The summed E-state index contributed by atoms with van der Waals surface area (Å²) in [5.41, 5.74) is 5.58. The molecule has 106 valence electrons. The number of anilines is 2. The van der Waals surface area contributed by atoms with Crippen LogP contribution in [-0.4, -0.2) is 21.0 Å². The molecular weight excluding hydrogens is 245 g/mol. The SMILES string of the molecule is CC(F)c1nc(N)nc(NC(C)C2CCCCC2)n1. The predicted octanol–water partition coefficient (Wildman–Crippen LogP) is 2.87. The van der Waals surface area contributed by atoms with Crippen LogP contribution >= 0.6 is 0 Å². The van der Waals surface area contributed by atoms with Crippen LogP contribution in [0.25, 0.3) is 0 Å². The summed E-state index contributed by atoms with van der Waals surface area (Å²) in [5, 5.41) is 3.24. The van der Waals surface area contributed by atoms with Crippen molar-refractivity contribution in [3.05, 3.63) is 5.82 Å². The van der Waals surface area contributed by atoms with Crippen molar-refractivity contribution in [1.82, 2.24) is 15.0 Å². The van der Waals surface area contributed by atoms with Crippen molar-refractivity contribution in [2.75, 3.05) is 11.1 Å². The number of alkyl halides is 1. The first-order valence-electron chi connectivity index (χ1n) is 6.98. The summed E-state index contributed by atoms with van der Waals surface area (Å²) in [7, 11) is 0. The normalized spacial score (nSPS) is 19.9. The lowest BCUT2D eigenvalue weighted by Crippen LogP contribution is -2.29. The number of nitrogens with zero attached hydrogens (tertiary/aromatic N) is 3. The Hall–Kier alpha value is -1.46. The fourth-order valence-electron chi connectivity index (χ4n) is 2.61. The van der Waals surface area contributed by atoms with Crippen LogP contribution in [0.2, 0.25) is 0 Å². The topological polar surface area (TPSA) is 76.7 Å². The first-order valence-corrected chi connectivity index (χ1v) is 6.98. The lowest BCUT2D eigenvalue weighted by molar-refractivity contribution is 0.327. The molecule has 5 nitrogen and oxygen atoms in total. The van der Waals surface area contributed by atoms with Crippen LogP contribution in [0.3, 0.4) is 0 Å². The average Bonchev–Trinajstić information content (AvgIpc) is 2.39. The number of aromatic nitrogens is 3. The second-order valence-corrected chi connectivity index (χ2v) is 5.32. The van der Waals surface area contributed by atoms with Gasteiger partial charge in [-0.05, 0) is 32.6 Å². The van der Waals surface area contributed by atoms with Crippen molar-refractivity contribution >= 4 is 11.9 Å². The summed E-state index contributed by atoms with van der Waals surface area (Å²) in [6.07, 6.45) is 5.09. The van der Waals surface area contributed by atoms with E-state index in [2.05, 4.69) is 27.2 Å². The van der Waals surface area contributed by atoms with Gasteiger partial charge in [0.15, 0.2) is 12.0 Å². The molecule has 6 heteroatoms. The van der Waals surface area contributed by atoms with Crippen molar-refractivity contribution in [1.29, 1.82) is 0 Å². The Morgan fingerprint density at radius 3 is 2.47 bits per heavy atom. The Labute approximate surface area is 113 Å². The Morgan fingerprint density at radius 1 is 1.16 bits per heavy atom. The number of nitrogen functional groups attached to an aromatic ring is 1. The standard InChI is InChI=1S/C13H22FN5/c1-8(14)11-17-12(15)19-13(18-11)16-9(2)10-6-4-3-5-7-10/h8-10H,3-7H2,1-2H3,(H3,15,16,17,18,19). The molecule has 3 N–H and O–H groups in total. The highest BCUT2D eigenvalue weighted by Crippen LogP contribution is 2.27. The predicted molar refractivity (Wildman–Crippen MR) is 73.4 cm³/mol. The monoisotopic (exact) mass is 267 g/mol. The number of halogens is 1. The third-order valence-corrected chi connectivity index (χ3v) is 3.74. The maximum Gasteiger partial charge on any atom is 0.228 e. The van der Waals surface area contributed by atoms with E-state index in [1.807, 2.05) is 0 Å². The molecule has 0 aromatic carbocycles. The minimum Gasteiger partial charge on any atom is -0.368 e. The quantitative estimate of drug-likeness (QED) is 0.877. The summed E-state index contributed by atoms with van der Waals surface area (Å²) in [6, 6.07) is 0.268. The minimum absolute atomic E-state index is 0.0628. The molecule has 1 saturated carbocycles. The number of hydrogen-bond acceptors (Lipinski definition) is 5. The Balaban J connectivity index is 2.05. The molecule has 1 aliphatic carbocycles. The van der Waals surface area contributed by atoms with Gasteiger partial charge in [-0.2, -0.15) is 15.0 Å². The van der Waals surface area contributed by atoms with Gasteiger partial charge in [-0.25, -0.2) is 4.39 Å². The van der Waals surface area contributed by atoms with E-state index < -0.39 is 6.17 Å². The van der Waals surface area contributed by atoms with Gasteiger partial charge in [0.1, 0.15) is 0 Å². The maximum absolute atomic E-state index is 13.2. The van der Waals surface area contributed by atoms with Crippen molar-refractivity contribution in [3.8, 4) is 0 Å². The van der Waals surface area contributed by atoms with E-state index in [1.54, 1.807) is 0 Å². The van der Waals surface area contributed by atoms with Gasteiger partial charge in [-0.3, -0.25) is 0 Å². The number of nitrogens with two attached hydrogens (primary N) is 1. The summed E-state index contributed by atoms with van der Waals surface area (Å²) >= 11 is 0. The van der Waals surface area contributed by atoms with Crippen molar-refractivity contribution in [2.45, 2.75) is 58.2 Å². The van der Waals surface area contributed by atoms with Crippen LogP contribution in [0.4, 0.5) is 16.3 Å². The highest BCUT2D eigenvalue weighted by Gasteiger charge is 2.21. The first-order chi connectivity index (χ1) is 9.06. The Bertz CT molecular complexity index is 417. The van der Waals surface area contributed by atoms with E-state index in [9.17, 15) is 4.39 Å². The molecule has 1 heterocycles. The third kappa shape index (κ3) is 3.75. The second kappa shape index (κ2) is 6.12. The zero-order chi connectivity index (χ0) is 13.8. The van der Waals surface area contributed by atoms with Gasteiger partial charge in [0.05, 0.1) is 0 Å². The molecule has 0 bridgehead atoms. The fourth-order valence-corrected chi connectivity index (χ4v) is 2.61. The molecule has 1 fully saturated rings. The van der Waals surface area contributed by atoms with Crippen molar-refractivity contribution in [2.24, 2.45) is 5.92 Å². The molecule has 0 saturated heterocycles. The van der Waals surface area contributed by atoms with E-state index in [-0.39, 0.29) is 17.8 Å². The van der Waals surface area contributed by atoms with E-state index in [0.717, 1.165) is 0 Å². The third-order valence-electron chi connectivity index (χ3n) is 3.74. The summed E-state index contributed by atoms with van der Waals surface area (Å²) in [5.74, 6) is 1.15. The van der Waals surface area contributed by atoms with Crippen LogP contribution < -0.4 is 11.1 Å². The van der Waals surface area contributed by atoms with Crippen LogP contribution in [0, 0.1) is 5.92 Å². The minimum atomic E-state index is -1.24. The molecule has 1 aliphatic rings. The van der Waals surface area contributed by atoms with Crippen LogP contribution in [0.5, 0.6) is 0 Å². The molecule has 19 heavy (non-hydrogen) atoms. The molecule has 1 aromatic heterocycles. The Kier molecular flexibility index (Phi) is 4.50. The van der Waals surface area contributed by atoms with Gasteiger partial charge in [0.25, 0.3) is 0 Å². The van der Waals surface area contributed by atoms with Crippen LogP contribution in [0.1, 0.15) is 57.9 Å². The van der Waals surface area contributed by atoms with Gasteiger partial charge in [0.2, 0.25) is 11.9 Å². The van der Waals surface area contributed by atoms with Gasteiger partial charge in [0, 0.05) is 6.04 Å². The largest absolute Gasteiger partial charge is 0.368 e. The van der Waals surface area contributed by atoms with Gasteiger partial charge < -0.3 is 11.1 Å². The molecule has 2 atom stereocenters. The summed E-state index contributed by atoms with van der Waals surface area (Å²) in [4.78, 5) is 11.9. The maximum atomic E-state index is 13.2. The molecular formula is C13H22FN5. The van der Waals surface area contributed by atoms with E-state index in [1.165, 1.54) is 39.0 Å². The van der Waals surface area contributed by atoms with Gasteiger partial charge in [-0.1, -0.05) is 19.3 Å². The number of hydrogen-bond donors (Lipinski definition) is 2. The average molecular weight is 267 g/mol. The Morgan fingerprint density at radius 2 is 1.84 bits per heavy atom. The van der Waals surface area contributed by atoms with E-state index >= 15 is 0 Å². The highest BCUT2D eigenvalue weighted by atomic mass is 19.1. The number of rotatable bonds is 4.